The summed E-state index contributed by atoms with van der Waals surface area (Å²) in [6, 6.07) is 6.22. The van der Waals surface area contributed by atoms with E-state index in [0.717, 1.165) is 12.1 Å². The maximum atomic E-state index is 14.5. The predicted molar refractivity (Wildman–Crippen MR) is 148 cm³/mol. The molecule has 40 heavy (non-hydrogen) atoms. The number of aromatic amines is 1. The fourth-order valence-corrected chi connectivity index (χ4v) is 5.18. The number of benzene rings is 1. The van der Waals surface area contributed by atoms with Crippen LogP contribution in [-0.4, -0.2) is 64.8 Å². The summed E-state index contributed by atoms with van der Waals surface area (Å²) in [6.45, 7) is 8.22. The molecule has 3 N–H and O–H groups in total. The van der Waals surface area contributed by atoms with Crippen molar-refractivity contribution in [1.82, 2.24) is 20.2 Å². The van der Waals surface area contributed by atoms with E-state index in [2.05, 4.69) is 20.6 Å². The minimum Gasteiger partial charge on any atom is -0.492 e. The molecule has 0 spiro atoms. The van der Waals surface area contributed by atoms with Crippen LogP contribution in [0.25, 0.3) is 11.3 Å². The summed E-state index contributed by atoms with van der Waals surface area (Å²) in [6.07, 6.45) is 4.24. The lowest BCUT2D eigenvalue weighted by Gasteiger charge is -2.46. The zero-order valence-electron chi connectivity index (χ0n) is 23.3. The molecule has 2 aliphatic rings. The summed E-state index contributed by atoms with van der Waals surface area (Å²) in [4.78, 5) is 35.0. The fraction of sp³-hybridized carbons (Fsp3) is 0.414. The number of rotatable bonds is 7. The average Bonchev–Trinajstić information content (AvgIpc) is 3.24. The number of ether oxygens (including phenoxy) is 3. The van der Waals surface area contributed by atoms with Crippen molar-refractivity contribution < 1.29 is 28.2 Å². The molecule has 2 amide bonds. The SMILES string of the molecule is COc1c(F)cccc1Nc1c(-c2ccncc2OCC2CC(C)N2C(=O)OC(C)(C)C)[nH]c2c1C(=O)NCC2. The number of halogens is 1. The van der Waals surface area contributed by atoms with Crippen molar-refractivity contribution in [3.05, 3.63) is 53.7 Å². The first-order valence-electron chi connectivity index (χ1n) is 13.3. The van der Waals surface area contributed by atoms with Crippen LogP contribution in [0.3, 0.4) is 0 Å². The minimum absolute atomic E-state index is 0.0344. The number of aromatic nitrogens is 2. The van der Waals surface area contributed by atoms with Gasteiger partial charge in [0.05, 0.1) is 42.0 Å². The highest BCUT2D eigenvalue weighted by molar-refractivity contribution is 6.06. The Morgan fingerprint density at radius 2 is 2.08 bits per heavy atom. The van der Waals surface area contributed by atoms with E-state index >= 15 is 0 Å². The summed E-state index contributed by atoms with van der Waals surface area (Å²) in [5, 5.41) is 6.11. The van der Waals surface area contributed by atoms with Crippen LogP contribution in [0.1, 0.15) is 50.2 Å². The number of nitrogens with one attached hydrogen (secondary N) is 3. The number of pyridine rings is 1. The normalized spacial score (nSPS) is 18.4. The highest BCUT2D eigenvalue weighted by atomic mass is 19.1. The largest absolute Gasteiger partial charge is 0.492 e. The van der Waals surface area contributed by atoms with Gasteiger partial charge in [0.15, 0.2) is 11.6 Å². The van der Waals surface area contributed by atoms with Gasteiger partial charge in [-0.15, -0.1) is 0 Å². The van der Waals surface area contributed by atoms with Crippen LogP contribution in [0.2, 0.25) is 0 Å². The smallest absolute Gasteiger partial charge is 0.410 e. The first-order chi connectivity index (χ1) is 19.1. The van der Waals surface area contributed by atoms with Crippen LogP contribution < -0.4 is 20.1 Å². The molecule has 5 rings (SSSR count). The van der Waals surface area contributed by atoms with Crippen LogP contribution >= 0.6 is 0 Å². The molecule has 4 heterocycles. The number of hydrogen-bond acceptors (Lipinski definition) is 7. The third-order valence-corrected chi connectivity index (χ3v) is 6.97. The van der Waals surface area contributed by atoms with Crippen LogP contribution in [0, 0.1) is 5.82 Å². The number of carbonyl (C=O) groups is 2. The van der Waals surface area contributed by atoms with Crippen molar-refractivity contribution in [2.45, 2.75) is 58.2 Å². The summed E-state index contributed by atoms with van der Waals surface area (Å²) < 4.78 is 31.6. The molecule has 3 aromatic rings. The first kappa shape index (κ1) is 27.3. The molecule has 0 aliphatic carbocycles. The fourth-order valence-electron chi connectivity index (χ4n) is 5.18. The Bertz CT molecular complexity index is 1430. The van der Waals surface area contributed by atoms with Crippen LogP contribution in [-0.2, 0) is 11.2 Å². The highest BCUT2D eigenvalue weighted by Gasteiger charge is 2.41. The number of methoxy groups -OCH3 is 1. The maximum Gasteiger partial charge on any atom is 0.410 e. The van der Waals surface area contributed by atoms with Crippen LogP contribution in [0.5, 0.6) is 11.5 Å². The second-order valence-corrected chi connectivity index (χ2v) is 11.0. The lowest BCUT2D eigenvalue weighted by Crippen LogP contribution is -2.60. The van der Waals surface area contributed by atoms with E-state index in [1.54, 1.807) is 35.5 Å². The molecular formula is C29H34FN5O5. The number of H-pyrrole nitrogens is 1. The maximum absolute atomic E-state index is 14.5. The lowest BCUT2D eigenvalue weighted by molar-refractivity contribution is -0.0374. The van der Waals surface area contributed by atoms with Crippen molar-refractivity contribution in [2.75, 3.05) is 25.6 Å². The minimum atomic E-state index is -0.596. The van der Waals surface area contributed by atoms with Gasteiger partial charge in [-0.25, -0.2) is 9.18 Å². The standard InChI is InChI=1S/C29H34FN5O5/c1-16-13-17(35(16)28(37)40-29(2,3)4)15-39-22-14-31-11-9-18(22)24-25(23-20(33-24)10-12-32-27(23)36)34-21-8-6-7-19(30)26(21)38-5/h6-9,11,14,16-17,33-34H,10,12-13,15H2,1-5H3,(H,32,36). The van der Waals surface area contributed by atoms with Crippen molar-refractivity contribution in [2.24, 2.45) is 0 Å². The van der Waals surface area contributed by atoms with Gasteiger partial charge in [-0.1, -0.05) is 6.07 Å². The Labute approximate surface area is 232 Å². The van der Waals surface area contributed by atoms with Crippen molar-refractivity contribution in [1.29, 1.82) is 0 Å². The van der Waals surface area contributed by atoms with Gasteiger partial charge >= 0.3 is 6.09 Å². The summed E-state index contributed by atoms with van der Waals surface area (Å²) in [7, 11) is 1.39. The molecular weight excluding hydrogens is 517 g/mol. The third kappa shape index (κ3) is 5.28. The van der Waals surface area contributed by atoms with Gasteiger partial charge in [-0.05, 0) is 52.3 Å². The zero-order valence-corrected chi connectivity index (χ0v) is 23.3. The number of amides is 2. The number of carbonyl (C=O) groups excluding carboxylic acids is 2. The Kier molecular flexibility index (Phi) is 7.31. The molecule has 2 aliphatic heterocycles. The molecule has 0 bridgehead atoms. The molecule has 2 unspecified atom stereocenters. The monoisotopic (exact) mass is 551 g/mol. The molecule has 0 saturated carbocycles. The lowest BCUT2D eigenvalue weighted by atomic mass is 9.95. The van der Waals surface area contributed by atoms with Crippen molar-refractivity contribution in [3.63, 3.8) is 0 Å². The number of fused-ring (bicyclic) bond motifs is 1. The van der Waals surface area contributed by atoms with E-state index in [0.29, 0.717) is 46.9 Å². The van der Waals surface area contributed by atoms with Gasteiger partial charge in [-0.2, -0.15) is 0 Å². The van der Waals surface area contributed by atoms with Gasteiger partial charge < -0.3 is 29.8 Å². The molecule has 1 aromatic carbocycles. The van der Waals surface area contributed by atoms with Crippen LogP contribution in [0.4, 0.5) is 20.6 Å². The summed E-state index contributed by atoms with van der Waals surface area (Å²) in [5.41, 5.74) is 2.70. The number of para-hydroxylation sites is 1. The Hall–Kier alpha value is -4.28. The second-order valence-electron chi connectivity index (χ2n) is 11.0. The molecule has 1 saturated heterocycles. The Balaban J connectivity index is 1.46. The van der Waals surface area contributed by atoms with Gasteiger partial charge in [-0.3, -0.25) is 14.7 Å². The molecule has 2 aromatic heterocycles. The molecule has 10 nitrogen and oxygen atoms in total. The third-order valence-electron chi connectivity index (χ3n) is 6.97. The topological polar surface area (TPSA) is 118 Å². The highest BCUT2D eigenvalue weighted by Crippen LogP contribution is 2.42. The Morgan fingerprint density at radius 3 is 2.80 bits per heavy atom. The molecule has 1 fully saturated rings. The summed E-state index contributed by atoms with van der Waals surface area (Å²) in [5.74, 6) is -0.263. The van der Waals surface area contributed by atoms with E-state index in [1.807, 2.05) is 27.7 Å². The molecule has 2 atom stereocenters. The summed E-state index contributed by atoms with van der Waals surface area (Å²) >= 11 is 0. The van der Waals surface area contributed by atoms with E-state index in [9.17, 15) is 14.0 Å². The van der Waals surface area contributed by atoms with Gasteiger partial charge in [0, 0.05) is 36.5 Å². The van der Waals surface area contributed by atoms with E-state index < -0.39 is 11.4 Å². The quantitative estimate of drug-likeness (QED) is 0.377. The van der Waals surface area contributed by atoms with E-state index in [-0.39, 0.29) is 36.4 Å². The number of nitrogens with zero attached hydrogens (tertiary/aromatic N) is 2. The second kappa shape index (κ2) is 10.7. The van der Waals surface area contributed by atoms with Gasteiger partial charge in [0.2, 0.25) is 0 Å². The predicted octanol–water partition coefficient (Wildman–Crippen LogP) is 5.03. The molecule has 212 valence electrons. The van der Waals surface area contributed by atoms with Gasteiger partial charge in [0.1, 0.15) is 18.0 Å². The van der Waals surface area contributed by atoms with E-state index in [4.69, 9.17) is 14.2 Å². The van der Waals surface area contributed by atoms with Gasteiger partial charge in [0.25, 0.3) is 5.91 Å². The number of hydrogen-bond donors (Lipinski definition) is 3. The average molecular weight is 552 g/mol. The molecule has 11 heteroatoms. The Morgan fingerprint density at radius 1 is 1.27 bits per heavy atom. The first-order valence-corrected chi connectivity index (χ1v) is 13.3. The van der Waals surface area contributed by atoms with E-state index in [1.165, 1.54) is 13.2 Å². The number of anilines is 2. The molecule has 0 radical (unpaired) electrons. The van der Waals surface area contributed by atoms with Crippen molar-refractivity contribution >= 4 is 23.4 Å². The van der Waals surface area contributed by atoms with Crippen LogP contribution in [0.15, 0.2) is 36.7 Å². The van der Waals surface area contributed by atoms with Crippen molar-refractivity contribution in [3.8, 4) is 22.8 Å². The number of likely N-dealkylation sites (tertiary alicyclic amines) is 1. The zero-order chi connectivity index (χ0) is 28.6.